The Kier molecular flexibility index (Phi) is 3.25. The molecule has 2 aromatic heterocycles. The van der Waals surface area contributed by atoms with Crippen LogP contribution in [0.5, 0.6) is 0 Å². The van der Waals surface area contributed by atoms with Gasteiger partial charge in [0.2, 0.25) is 5.65 Å². The maximum absolute atomic E-state index is 10.6. The van der Waals surface area contributed by atoms with Crippen LogP contribution in [-0.2, 0) is 4.79 Å². The summed E-state index contributed by atoms with van der Waals surface area (Å²) < 4.78 is 1.92. The van der Waals surface area contributed by atoms with Crippen molar-refractivity contribution in [1.82, 2.24) is 19.6 Å². The summed E-state index contributed by atoms with van der Waals surface area (Å²) in [6, 6.07) is 0. The van der Waals surface area contributed by atoms with Crippen LogP contribution in [0.15, 0.2) is 12.4 Å². The highest BCUT2D eigenvalue weighted by molar-refractivity contribution is 5.67. The summed E-state index contributed by atoms with van der Waals surface area (Å²) >= 11 is 0. The Balaban J connectivity index is 1.78. The van der Waals surface area contributed by atoms with E-state index in [2.05, 4.69) is 20.1 Å². The first-order chi connectivity index (χ1) is 9.65. The molecule has 106 valence electrons. The quantitative estimate of drug-likeness (QED) is 0.900. The van der Waals surface area contributed by atoms with Crippen molar-refractivity contribution in [1.29, 1.82) is 0 Å². The number of anilines is 1. The largest absolute Gasteiger partial charge is 0.481 e. The Hall–Kier alpha value is -2.18. The van der Waals surface area contributed by atoms with Crippen molar-refractivity contribution >= 4 is 17.4 Å². The molecule has 1 N–H and O–H groups in total. The van der Waals surface area contributed by atoms with Gasteiger partial charge in [-0.05, 0) is 25.7 Å². The summed E-state index contributed by atoms with van der Waals surface area (Å²) in [5.41, 5.74) is 0.767. The molecule has 0 bridgehead atoms. The lowest BCUT2D eigenvalue weighted by atomic mass is 10.0. The van der Waals surface area contributed by atoms with E-state index in [1.807, 2.05) is 17.5 Å². The zero-order valence-electron chi connectivity index (χ0n) is 11.4. The minimum Gasteiger partial charge on any atom is -0.481 e. The van der Waals surface area contributed by atoms with E-state index >= 15 is 0 Å². The van der Waals surface area contributed by atoms with E-state index < -0.39 is 5.97 Å². The summed E-state index contributed by atoms with van der Waals surface area (Å²) in [7, 11) is 0. The SMILES string of the molecule is Cc1nnc2c(N3CCC(CCC(=O)O)C3)nccn12. The van der Waals surface area contributed by atoms with Crippen LogP contribution < -0.4 is 4.90 Å². The van der Waals surface area contributed by atoms with Gasteiger partial charge in [0.1, 0.15) is 5.82 Å². The van der Waals surface area contributed by atoms with Crippen LogP contribution in [0.3, 0.4) is 0 Å². The molecule has 1 fully saturated rings. The Labute approximate surface area is 116 Å². The van der Waals surface area contributed by atoms with Crippen LogP contribution in [0, 0.1) is 12.8 Å². The molecule has 3 heterocycles. The lowest BCUT2D eigenvalue weighted by Gasteiger charge is -2.17. The van der Waals surface area contributed by atoms with Gasteiger partial charge in [0.25, 0.3) is 0 Å². The fourth-order valence-corrected chi connectivity index (χ4v) is 2.74. The molecule has 1 saturated heterocycles. The van der Waals surface area contributed by atoms with E-state index in [0.29, 0.717) is 5.92 Å². The Morgan fingerprint density at radius 1 is 1.50 bits per heavy atom. The van der Waals surface area contributed by atoms with Crippen LogP contribution in [0.4, 0.5) is 5.82 Å². The van der Waals surface area contributed by atoms with Crippen LogP contribution in [0.2, 0.25) is 0 Å². The van der Waals surface area contributed by atoms with E-state index in [4.69, 9.17) is 5.11 Å². The summed E-state index contributed by atoms with van der Waals surface area (Å²) in [6.45, 7) is 3.64. The topological polar surface area (TPSA) is 83.6 Å². The zero-order valence-corrected chi connectivity index (χ0v) is 11.4. The van der Waals surface area contributed by atoms with Gasteiger partial charge in [-0.3, -0.25) is 9.20 Å². The predicted molar refractivity (Wildman–Crippen MR) is 72.7 cm³/mol. The number of aryl methyl sites for hydroxylation is 1. The fourth-order valence-electron chi connectivity index (χ4n) is 2.74. The lowest BCUT2D eigenvalue weighted by Crippen LogP contribution is -2.22. The van der Waals surface area contributed by atoms with E-state index in [1.54, 1.807) is 6.20 Å². The minimum atomic E-state index is -0.725. The van der Waals surface area contributed by atoms with Gasteiger partial charge in [-0.1, -0.05) is 0 Å². The smallest absolute Gasteiger partial charge is 0.303 e. The number of aliphatic carboxylic acids is 1. The number of carboxylic acids is 1. The first-order valence-corrected chi connectivity index (χ1v) is 6.78. The van der Waals surface area contributed by atoms with Gasteiger partial charge in [-0.2, -0.15) is 0 Å². The maximum atomic E-state index is 10.6. The number of hydrogen-bond acceptors (Lipinski definition) is 5. The zero-order chi connectivity index (χ0) is 14.1. The van der Waals surface area contributed by atoms with Crippen molar-refractivity contribution in [3.8, 4) is 0 Å². The second kappa shape index (κ2) is 5.07. The van der Waals surface area contributed by atoms with Gasteiger partial charge in [0.15, 0.2) is 5.82 Å². The lowest BCUT2D eigenvalue weighted by molar-refractivity contribution is -0.137. The molecular formula is C13H17N5O2. The average Bonchev–Trinajstić information content (AvgIpc) is 3.04. The van der Waals surface area contributed by atoms with Gasteiger partial charge in [-0.15, -0.1) is 10.2 Å². The third-order valence-electron chi connectivity index (χ3n) is 3.83. The molecule has 1 aliphatic heterocycles. The number of nitrogens with zero attached hydrogens (tertiary/aromatic N) is 5. The second-order valence-electron chi connectivity index (χ2n) is 5.22. The summed E-state index contributed by atoms with van der Waals surface area (Å²) in [4.78, 5) is 17.2. The van der Waals surface area contributed by atoms with Crippen molar-refractivity contribution in [2.75, 3.05) is 18.0 Å². The van der Waals surface area contributed by atoms with Crippen molar-refractivity contribution in [3.63, 3.8) is 0 Å². The Morgan fingerprint density at radius 2 is 2.35 bits per heavy atom. The number of aromatic nitrogens is 4. The van der Waals surface area contributed by atoms with Crippen molar-refractivity contribution in [2.24, 2.45) is 5.92 Å². The van der Waals surface area contributed by atoms with Crippen LogP contribution in [0.25, 0.3) is 5.65 Å². The number of hydrogen-bond donors (Lipinski definition) is 1. The van der Waals surface area contributed by atoms with Crippen LogP contribution in [-0.4, -0.2) is 43.7 Å². The van der Waals surface area contributed by atoms with E-state index in [1.165, 1.54) is 0 Å². The fraction of sp³-hybridized carbons (Fsp3) is 0.538. The highest BCUT2D eigenvalue weighted by Gasteiger charge is 2.26. The summed E-state index contributed by atoms with van der Waals surface area (Å²) in [5, 5.41) is 17.0. The average molecular weight is 275 g/mol. The maximum Gasteiger partial charge on any atom is 0.303 e. The predicted octanol–water partition coefficient (Wildman–Crippen LogP) is 1.12. The van der Waals surface area contributed by atoms with Crippen molar-refractivity contribution in [2.45, 2.75) is 26.2 Å². The van der Waals surface area contributed by atoms with Gasteiger partial charge in [0.05, 0.1) is 0 Å². The Bertz CT molecular complexity index is 639. The summed E-state index contributed by atoms with van der Waals surface area (Å²) in [5.74, 6) is 1.37. The third-order valence-corrected chi connectivity index (χ3v) is 3.83. The molecule has 20 heavy (non-hydrogen) atoms. The van der Waals surface area contributed by atoms with Gasteiger partial charge in [-0.25, -0.2) is 4.98 Å². The van der Waals surface area contributed by atoms with Gasteiger partial charge < -0.3 is 10.0 Å². The molecule has 1 unspecified atom stereocenters. The third kappa shape index (κ3) is 2.31. The van der Waals surface area contributed by atoms with E-state index in [-0.39, 0.29) is 6.42 Å². The molecule has 1 aliphatic rings. The monoisotopic (exact) mass is 275 g/mol. The summed E-state index contributed by atoms with van der Waals surface area (Å²) in [6.07, 6.45) is 5.57. The molecule has 1 atom stereocenters. The van der Waals surface area contributed by atoms with E-state index in [0.717, 1.165) is 43.2 Å². The minimum absolute atomic E-state index is 0.236. The molecule has 7 nitrogen and oxygen atoms in total. The second-order valence-corrected chi connectivity index (χ2v) is 5.22. The van der Waals surface area contributed by atoms with E-state index in [9.17, 15) is 4.79 Å². The standard InChI is InChI=1S/C13H17N5O2/c1-9-15-16-13-12(14-5-7-18(9)13)17-6-4-10(8-17)2-3-11(19)20/h5,7,10H,2-4,6,8H2,1H3,(H,19,20). The molecule has 2 aromatic rings. The number of carboxylic acid groups (broad SMARTS) is 1. The van der Waals surface area contributed by atoms with Crippen LogP contribution in [0.1, 0.15) is 25.1 Å². The van der Waals surface area contributed by atoms with Crippen LogP contribution >= 0.6 is 0 Å². The molecule has 0 saturated carbocycles. The first-order valence-electron chi connectivity index (χ1n) is 6.78. The highest BCUT2D eigenvalue weighted by atomic mass is 16.4. The first kappa shape index (κ1) is 12.8. The molecular weight excluding hydrogens is 258 g/mol. The number of fused-ring (bicyclic) bond motifs is 1. The normalized spacial score (nSPS) is 18.9. The molecule has 0 aromatic carbocycles. The molecule has 0 aliphatic carbocycles. The van der Waals surface area contributed by atoms with Crippen molar-refractivity contribution in [3.05, 3.63) is 18.2 Å². The van der Waals surface area contributed by atoms with Gasteiger partial charge >= 0.3 is 5.97 Å². The highest BCUT2D eigenvalue weighted by Crippen LogP contribution is 2.27. The Morgan fingerprint density at radius 3 is 3.15 bits per heavy atom. The molecule has 0 radical (unpaired) electrons. The molecule has 7 heteroatoms. The number of rotatable bonds is 4. The molecule has 0 spiro atoms. The molecule has 3 rings (SSSR count). The van der Waals surface area contributed by atoms with Crippen molar-refractivity contribution < 1.29 is 9.90 Å². The van der Waals surface area contributed by atoms with Gasteiger partial charge in [0, 0.05) is 31.9 Å². The number of carbonyl (C=O) groups is 1. The molecule has 0 amide bonds.